The van der Waals surface area contributed by atoms with Crippen LogP contribution in [0.25, 0.3) is 0 Å². The van der Waals surface area contributed by atoms with E-state index in [0.717, 1.165) is 0 Å². The molecule has 0 bridgehead atoms. The number of carbonyl (C=O) groups is 1. The number of hydrogen-bond donors (Lipinski definition) is 0. The van der Waals surface area contributed by atoms with Gasteiger partial charge in [-0.05, 0) is 6.08 Å². The second kappa shape index (κ2) is 3.80. The number of ketones is 1. The van der Waals surface area contributed by atoms with Crippen LogP contribution in [-0.2, 0) is 4.79 Å². The molecule has 0 aliphatic rings. The summed E-state index contributed by atoms with van der Waals surface area (Å²) in [5, 5.41) is -0.884. The predicted octanol–water partition coefficient (Wildman–Crippen LogP) is 1.24. The highest BCUT2D eigenvalue weighted by Gasteiger charge is 2.06. The quantitative estimate of drug-likeness (QED) is 0.432. The molecule has 56 valence electrons. The first-order chi connectivity index (χ1) is 4.83. The average Bonchev–Trinajstić information content (AvgIpc) is 1.80. The van der Waals surface area contributed by atoms with E-state index in [1.807, 2.05) is 13.8 Å². The second-order valence-electron chi connectivity index (χ2n) is 3.26. The topological polar surface area (TPSA) is 17.1 Å². The summed E-state index contributed by atoms with van der Waals surface area (Å²) >= 11 is 0. The van der Waals surface area contributed by atoms with E-state index < -0.39 is 5.21 Å². The summed E-state index contributed by atoms with van der Waals surface area (Å²) in [6.45, 7) is 5.30. The highest BCUT2D eigenvalue weighted by molar-refractivity contribution is 6.41. The van der Waals surface area contributed by atoms with Crippen molar-refractivity contribution in [2.45, 2.75) is 26.0 Å². The summed E-state index contributed by atoms with van der Waals surface area (Å²) in [7, 11) is 10.8. The van der Waals surface area contributed by atoms with E-state index in [1.54, 1.807) is 6.92 Å². The highest BCUT2D eigenvalue weighted by atomic mass is 16.1. The summed E-state index contributed by atoms with van der Waals surface area (Å²) in [6.07, 6.45) is 2.94. The molecule has 0 N–H and O–H groups in total. The van der Waals surface area contributed by atoms with Crippen LogP contribution in [0.1, 0.15) is 20.8 Å². The Labute approximate surface area is 71.1 Å². The Morgan fingerprint density at radius 3 is 2.18 bits per heavy atom. The third kappa shape index (κ3) is 5.96. The van der Waals surface area contributed by atoms with Crippen LogP contribution < -0.4 is 0 Å². The van der Waals surface area contributed by atoms with Crippen molar-refractivity contribution in [1.82, 2.24) is 0 Å². The molecule has 0 rings (SSSR count). The predicted molar refractivity (Wildman–Crippen MR) is 48.9 cm³/mol. The van der Waals surface area contributed by atoms with Crippen molar-refractivity contribution >= 4 is 21.5 Å². The van der Waals surface area contributed by atoms with E-state index >= 15 is 0 Å². The molecule has 1 nitrogen and oxygen atoms in total. The zero-order chi connectivity index (χ0) is 9.07. The van der Waals surface area contributed by atoms with Gasteiger partial charge in [-0.15, -0.1) is 0 Å². The van der Waals surface area contributed by atoms with Crippen molar-refractivity contribution in [3.05, 3.63) is 12.2 Å². The number of hydrogen-bond acceptors (Lipinski definition) is 1. The minimum absolute atomic E-state index is 0.00796. The van der Waals surface area contributed by atoms with Gasteiger partial charge in [0.25, 0.3) is 0 Å². The molecule has 0 aliphatic carbocycles. The zero-order valence-electron chi connectivity index (χ0n) is 7.29. The van der Waals surface area contributed by atoms with Crippen LogP contribution in [0.4, 0.5) is 0 Å². The fraction of sp³-hybridized carbons (Fsp3) is 0.625. The highest BCUT2D eigenvalue weighted by Crippen LogP contribution is 2.15. The number of allylic oxidation sites excluding steroid dienone is 2. The van der Waals surface area contributed by atoms with Crippen LogP contribution in [0.15, 0.2) is 12.2 Å². The Morgan fingerprint density at radius 1 is 1.45 bits per heavy atom. The molecule has 0 saturated carbocycles. The van der Waals surface area contributed by atoms with Crippen molar-refractivity contribution in [2.24, 2.45) is 5.92 Å². The molecule has 0 unspecified atom stereocenters. The minimum atomic E-state index is -0.884. The number of rotatable bonds is 3. The maximum Gasteiger partial charge on any atom is 0.157 e. The molecule has 0 aliphatic heterocycles. The maximum absolute atomic E-state index is 11.0. The molecular formula is C8H12B2O. The smallest absolute Gasteiger partial charge is 0.157 e. The number of carbonyl (C=O) groups excluding carboxylic acids is 1. The first-order valence-electron chi connectivity index (χ1n) is 3.64. The molecule has 3 heteroatoms. The SMILES string of the molecule is [B]C([B])(C)/C=C/C(=O)C(C)C. The van der Waals surface area contributed by atoms with Gasteiger partial charge in [0.1, 0.15) is 0 Å². The Bertz CT molecular complexity index is 165. The van der Waals surface area contributed by atoms with E-state index in [2.05, 4.69) is 0 Å². The van der Waals surface area contributed by atoms with Crippen LogP contribution in [0.3, 0.4) is 0 Å². The molecular weight excluding hydrogens is 134 g/mol. The summed E-state index contributed by atoms with van der Waals surface area (Å²) in [5.41, 5.74) is 0. The lowest BCUT2D eigenvalue weighted by Crippen LogP contribution is -2.07. The molecule has 0 aromatic carbocycles. The molecule has 11 heavy (non-hydrogen) atoms. The van der Waals surface area contributed by atoms with Crippen LogP contribution in [0.5, 0.6) is 0 Å². The largest absolute Gasteiger partial charge is 0.295 e. The normalized spacial score (nSPS) is 12.7. The summed E-state index contributed by atoms with van der Waals surface area (Å²) in [6, 6.07) is 0. The van der Waals surface area contributed by atoms with Crippen LogP contribution >= 0.6 is 0 Å². The molecule has 0 atom stereocenters. The molecule has 0 spiro atoms. The first-order valence-corrected chi connectivity index (χ1v) is 3.64. The van der Waals surface area contributed by atoms with Gasteiger partial charge in [-0.2, -0.15) is 0 Å². The van der Waals surface area contributed by atoms with Gasteiger partial charge in [0.2, 0.25) is 0 Å². The van der Waals surface area contributed by atoms with E-state index in [9.17, 15) is 4.79 Å². The van der Waals surface area contributed by atoms with Gasteiger partial charge in [0, 0.05) is 5.92 Å². The molecule has 0 heterocycles. The third-order valence-electron chi connectivity index (χ3n) is 1.18. The van der Waals surface area contributed by atoms with Crippen molar-refractivity contribution in [3.8, 4) is 0 Å². The second-order valence-corrected chi connectivity index (χ2v) is 3.26. The van der Waals surface area contributed by atoms with Gasteiger partial charge in [-0.3, -0.25) is 4.79 Å². The van der Waals surface area contributed by atoms with Gasteiger partial charge < -0.3 is 0 Å². The third-order valence-corrected chi connectivity index (χ3v) is 1.18. The van der Waals surface area contributed by atoms with Gasteiger partial charge in [-0.25, -0.2) is 0 Å². The van der Waals surface area contributed by atoms with Gasteiger partial charge >= 0.3 is 0 Å². The first kappa shape index (κ1) is 10.5. The van der Waals surface area contributed by atoms with Crippen molar-refractivity contribution in [3.63, 3.8) is 0 Å². The van der Waals surface area contributed by atoms with Crippen LogP contribution in [-0.4, -0.2) is 21.5 Å². The Morgan fingerprint density at radius 2 is 1.91 bits per heavy atom. The van der Waals surface area contributed by atoms with Crippen LogP contribution in [0, 0.1) is 5.92 Å². The van der Waals surface area contributed by atoms with Crippen molar-refractivity contribution in [2.75, 3.05) is 0 Å². The molecule has 0 aromatic heterocycles. The zero-order valence-corrected chi connectivity index (χ0v) is 7.29. The summed E-state index contributed by atoms with van der Waals surface area (Å²) < 4.78 is 0. The molecule has 0 fully saturated rings. The lowest BCUT2D eigenvalue weighted by molar-refractivity contribution is -0.117. The monoisotopic (exact) mass is 146 g/mol. The summed E-state index contributed by atoms with van der Waals surface area (Å²) in [4.78, 5) is 11.0. The average molecular weight is 146 g/mol. The molecule has 4 radical (unpaired) electrons. The van der Waals surface area contributed by atoms with E-state index in [1.165, 1.54) is 12.2 Å². The van der Waals surface area contributed by atoms with Crippen molar-refractivity contribution in [1.29, 1.82) is 0 Å². The van der Waals surface area contributed by atoms with Gasteiger partial charge in [0.05, 0.1) is 15.7 Å². The van der Waals surface area contributed by atoms with Gasteiger partial charge in [-0.1, -0.05) is 32.1 Å². The maximum atomic E-state index is 11.0. The van der Waals surface area contributed by atoms with Gasteiger partial charge in [0.15, 0.2) is 5.78 Å². The fourth-order valence-corrected chi connectivity index (χ4v) is 0.454. The molecule has 0 amide bonds. The van der Waals surface area contributed by atoms with E-state index in [-0.39, 0.29) is 11.7 Å². The van der Waals surface area contributed by atoms with Crippen molar-refractivity contribution < 1.29 is 4.79 Å². The standard InChI is InChI=1S/C8H12B2O/c1-6(2)7(11)4-5-8(3,9)10/h4-6H,1-3H3/b5-4+. The minimum Gasteiger partial charge on any atom is -0.295 e. The molecule has 0 aromatic rings. The Hall–Kier alpha value is -0.460. The Kier molecular flexibility index (Phi) is 3.64. The lowest BCUT2D eigenvalue weighted by Gasteiger charge is -2.11. The molecule has 0 saturated heterocycles. The summed E-state index contributed by atoms with van der Waals surface area (Å²) in [5.74, 6) is 0.0562. The van der Waals surface area contributed by atoms with E-state index in [4.69, 9.17) is 15.7 Å². The van der Waals surface area contributed by atoms with Crippen LogP contribution in [0.2, 0.25) is 5.21 Å². The lowest BCUT2D eigenvalue weighted by atomic mass is 9.56. The Balaban J connectivity index is 4.05. The van der Waals surface area contributed by atoms with E-state index in [0.29, 0.717) is 0 Å². The fourth-order valence-electron chi connectivity index (χ4n) is 0.454.